The van der Waals surface area contributed by atoms with E-state index < -0.39 is 5.60 Å². The minimum atomic E-state index is -0.474. The molecule has 2 N–H and O–H groups in total. The summed E-state index contributed by atoms with van der Waals surface area (Å²) in [6.45, 7) is 8.67. The molecule has 0 bridgehead atoms. The van der Waals surface area contributed by atoms with E-state index in [1.54, 1.807) is 12.0 Å². The highest BCUT2D eigenvalue weighted by atomic mass is 16.6. The van der Waals surface area contributed by atoms with Crippen LogP contribution in [0.1, 0.15) is 40.5 Å². The average molecular weight is 272 g/mol. The third kappa shape index (κ3) is 4.35. The molecule has 0 aliphatic heterocycles. The van der Waals surface area contributed by atoms with Gasteiger partial charge in [0.05, 0.1) is 12.1 Å². The second kappa shape index (κ2) is 6.57. The molecular weight excluding hydrogens is 244 g/mol. The lowest BCUT2D eigenvalue weighted by molar-refractivity contribution is -0.0399. The molecule has 0 heterocycles. The zero-order valence-electron chi connectivity index (χ0n) is 12.8. The smallest absolute Gasteiger partial charge is 0.410 e. The number of methoxy groups -OCH3 is 1. The highest BCUT2D eigenvalue weighted by Crippen LogP contribution is 2.34. The third-order valence-corrected chi connectivity index (χ3v) is 3.62. The summed E-state index contributed by atoms with van der Waals surface area (Å²) in [5, 5.41) is 0. The van der Waals surface area contributed by atoms with Crippen LogP contribution in [-0.2, 0) is 9.47 Å². The summed E-state index contributed by atoms with van der Waals surface area (Å²) in [5.41, 5.74) is 5.38. The van der Waals surface area contributed by atoms with Crippen molar-refractivity contribution in [3.63, 3.8) is 0 Å². The number of nitrogens with zero attached hydrogens (tertiary/aromatic N) is 1. The van der Waals surface area contributed by atoms with Gasteiger partial charge < -0.3 is 20.1 Å². The first kappa shape index (κ1) is 16.2. The molecular formula is C14H28N2O3. The molecule has 5 heteroatoms. The number of carbonyl (C=O) groups is 1. The van der Waals surface area contributed by atoms with Crippen LogP contribution >= 0.6 is 0 Å². The van der Waals surface area contributed by atoms with E-state index in [0.717, 1.165) is 12.8 Å². The number of ether oxygens (including phenoxy) is 2. The van der Waals surface area contributed by atoms with E-state index in [0.29, 0.717) is 25.1 Å². The van der Waals surface area contributed by atoms with E-state index >= 15 is 0 Å². The van der Waals surface area contributed by atoms with Crippen molar-refractivity contribution in [1.82, 2.24) is 4.90 Å². The summed E-state index contributed by atoms with van der Waals surface area (Å²) in [6.07, 6.45) is 1.98. The molecule has 0 aromatic rings. The standard InChI is InChI=1S/C14H28N2O3/c1-6-16(13(17)19-14(2,3)4)12(9-15)10-7-11(8-10)18-5/h10-12H,6-9,15H2,1-5H3. The Kier molecular flexibility index (Phi) is 5.62. The van der Waals surface area contributed by atoms with Gasteiger partial charge in [-0.3, -0.25) is 0 Å². The number of amides is 1. The molecule has 19 heavy (non-hydrogen) atoms. The van der Waals surface area contributed by atoms with Gasteiger partial charge in [0.25, 0.3) is 0 Å². The van der Waals surface area contributed by atoms with Crippen molar-refractivity contribution in [3.8, 4) is 0 Å². The molecule has 1 unspecified atom stereocenters. The van der Waals surface area contributed by atoms with Gasteiger partial charge in [-0.2, -0.15) is 0 Å². The summed E-state index contributed by atoms with van der Waals surface area (Å²) >= 11 is 0. The predicted molar refractivity (Wildman–Crippen MR) is 75.0 cm³/mol. The van der Waals surface area contributed by atoms with Gasteiger partial charge in [0.2, 0.25) is 0 Å². The molecule has 1 aliphatic rings. The Bertz CT molecular complexity index is 296. The lowest BCUT2D eigenvalue weighted by Crippen LogP contribution is -2.54. The van der Waals surface area contributed by atoms with Gasteiger partial charge in [-0.25, -0.2) is 4.79 Å². The second-order valence-corrected chi connectivity index (χ2v) is 6.16. The van der Waals surface area contributed by atoms with Crippen molar-refractivity contribution in [2.24, 2.45) is 11.7 Å². The summed E-state index contributed by atoms with van der Waals surface area (Å²) < 4.78 is 10.7. The molecule has 1 atom stereocenters. The van der Waals surface area contributed by atoms with Gasteiger partial charge in [0, 0.05) is 20.2 Å². The van der Waals surface area contributed by atoms with Crippen LogP contribution in [0.3, 0.4) is 0 Å². The SMILES string of the molecule is CCN(C(=O)OC(C)(C)C)C(CN)C1CC(OC)C1. The maximum atomic E-state index is 12.2. The largest absolute Gasteiger partial charge is 0.444 e. The van der Waals surface area contributed by atoms with Gasteiger partial charge in [-0.05, 0) is 46.5 Å². The van der Waals surface area contributed by atoms with E-state index in [1.165, 1.54) is 0 Å². The molecule has 5 nitrogen and oxygen atoms in total. The Labute approximate surface area is 116 Å². The summed E-state index contributed by atoms with van der Waals surface area (Å²) in [6, 6.07) is 0.0475. The number of carbonyl (C=O) groups excluding carboxylic acids is 1. The number of likely N-dealkylation sites (N-methyl/N-ethyl adjacent to an activating group) is 1. The van der Waals surface area contributed by atoms with Crippen molar-refractivity contribution in [2.45, 2.75) is 58.3 Å². The third-order valence-electron chi connectivity index (χ3n) is 3.62. The van der Waals surface area contributed by atoms with Crippen LogP contribution in [0.15, 0.2) is 0 Å². The molecule has 1 saturated carbocycles. The zero-order valence-corrected chi connectivity index (χ0v) is 12.8. The molecule has 0 aromatic heterocycles. The molecule has 1 fully saturated rings. The molecule has 1 aliphatic carbocycles. The van der Waals surface area contributed by atoms with Crippen LogP contribution in [0.25, 0.3) is 0 Å². The minimum Gasteiger partial charge on any atom is -0.444 e. The quantitative estimate of drug-likeness (QED) is 0.831. The first-order valence-electron chi connectivity index (χ1n) is 7.04. The van der Waals surface area contributed by atoms with Crippen molar-refractivity contribution in [3.05, 3.63) is 0 Å². The Hall–Kier alpha value is -0.810. The number of hydrogen-bond acceptors (Lipinski definition) is 4. The normalized spacial score (nSPS) is 24.5. The maximum absolute atomic E-state index is 12.2. The van der Waals surface area contributed by atoms with Gasteiger partial charge in [-0.15, -0.1) is 0 Å². The zero-order chi connectivity index (χ0) is 14.6. The topological polar surface area (TPSA) is 64.8 Å². The Balaban J connectivity index is 2.63. The van der Waals surface area contributed by atoms with Gasteiger partial charge in [0.1, 0.15) is 5.60 Å². The van der Waals surface area contributed by atoms with Gasteiger partial charge in [-0.1, -0.05) is 0 Å². The van der Waals surface area contributed by atoms with E-state index in [-0.39, 0.29) is 12.1 Å². The van der Waals surface area contributed by atoms with Crippen molar-refractivity contribution >= 4 is 6.09 Å². The Morgan fingerprint density at radius 1 is 1.42 bits per heavy atom. The minimum absolute atomic E-state index is 0.0475. The maximum Gasteiger partial charge on any atom is 0.410 e. The molecule has 0 saturated heterocycles. The van der Waals surface area contributed by atoms with Crippen LogP contribution in [0.5, 0.6) is 0 Å². The highest BCUT2D eigenvalue weighted by molar-refractivity contribution is 5.68. The second-order valence-electron chi connectivity index (χ2n) is 6.16. The highest BCUT2D eigenvalue weighted by Gasteiger charge is 2.39. The first-order chi connectivity index (χ1) is 8.82. The molecule has 1 amide bonds. The summed E-state index contributed by atoms with van der Waals surface area (Å²) in [5.74, 6) is 0.419. The molecule has 0 aromatic carbocycles. The fourth-order valence-electron chi connectivity index (χ4n) is 2.51. The number of rotatable bonds is 5. The van der Waals surface area contributed by atoms with Crippen LogP contribution in [0, 0.1) is 5.92 Å². The fraction of sp³-hybridized carbons (Fsp3) is 0.929. The summed E-state index contributed by atoms with van der Waals surface area (Å²) in [7, 11) is 1.73. The molecule has 0 radical (unpaired) electrons. The van der Waals surface area contributed by atoms with Crippen molar-refractivity contribution in [2.75, 3.05) is 20.2 Å². The lowest BCUT2D eigenvalue weighted by atomic mass is 9.76. The van der Waals surface area contributed by atoms with Gasteiger partial charge in [0.15, 0.2) is 0 Å². The molecule has 1 rings (SSSR count). The average Bonchev–Trinajstić information content (AvgIpc) is 2.23. The number of hydrogen-bond donors (Lipinski definition) is 1. The molecule has 0 spiro atoms. The predicted octanol–water partition coefficient (Wildman–Crippen LogP) is 2.00. The van der Waals surface area contributed by atoms with Crippen LogP contribution in [0.4, 0.5) is 4.79 Å². The number of nitrogens with two attached hydrogens (primary N) is 1. The van der Waals surface area contributed by atoms with Crippen LogP contribution in [0.2, 0.25) is 0 Å². The van der Waals surface area contributed by atoms with Gasteiger partial charge >= 0.3 is 6.09 Å². The lowest BCUT2D eigenvalue weighted by Gasteiger charge is -2.43. The Morgan fingerprint density at radius 2 is 2.00 bits per heavy atom. The Morgan fingerprint density at radius 3 is 2.37 bits per heavy atom. The van der Waals surface area contributed by atoms with E-state index in [9.17, 15) is 4.79 Å². The van der Waals surface area contributed by atoms with Crippen LogP contribution in [-0.4, -0.2) is 48.9 Å². The van der Waals surface area contributed by atoms with E-state index in [2.05, 4.69) is 0 Å². The van der Waals surface area contributed by atoms with Crippen LogP contribution < -0.4 is 5.73 Å². The van der Waals surface area contributed by atoms with E-state index in [4.69, 9.17) is 15.2 Å². The van der Waals surface area contributed by atoms with Crippen molar-refractivity contribution < 1.29 is 14.3 Å². The summed E-state index contributed by atoms with van der Waals surface area (Å²) in [4.78, 5) is 14.0. The van der Waals surface area contributed by atoms with E-state index in [1.807, 2.05) is 27.7 Å². The van der Waals surface area contributed by atoms with Crippen molar-refractivity contribution in [1.29, 1.82) is 0 Å². The first-order valence-corrected chi connectivity index (χ1v) is 7.04. The molecule has 112 valence electrons. The monoisotopic (exact) mass is 272 g/mol. The fourth-order valence-corrected chi connectivity index (χ4v) is 2.51.